The van der Waals surface area contributed by atoms with Crippen molar-refractivity contribution in [2.75, 3.05) is 26.4 Å². The molecule has 16 unspecified atom stereocenters. The number of aliphatic hydroxyl groups is 11. The van der Waals surface area contributed by atoms with Crippen molar-refractivity contribution in [1.82, 2.24) is 0 Å². The molecule has 0 amide bonds. The van der Waals surface area contributed by atoms with Crippen LogP contribution in [0.1, 0.15) is 168 Å². The number of phosphoric acid groups is 1. The second kappa shape index (κ2) is 37.2. The Hall–Kier alpha value is -1.81. The van der Waals surface area contributed by atoms with Gasteiger partial charge in [0, 0.05) is 12.8 Å². The zero-order valence-electron chi connectivity index (χ0n) is 44.1. The highest BCUT2D eigenvalue weighted by molar-refractivity contribution is 7.47. The van der Waals surface area contributed by atoms with E-state index in [1.165, 1.54) is 64.2 Å². The molecule has 3 rings (SSSR count). The van der Waals surface area contributed by atoms with E-state index < -0.39 is 150 Å². The van der Waals surface area contributed by atoms with Gasteiger partial charge in [0.2, 0.25) is 0 Å². The van der Waals surface area contributed by atoms with Gasteiger partial charge in [0.15, 0.2) is 18.7 Å². The monoisotopic (exact) mass is 1100 g/mol. The van der Waals surface area contributed by atoms with E-state index >= 15 is 0 Å². The molecule has 0 aromatic rings. The molecule has 75 heavy (non-hydrogen) atoms. The van der Waals surface area contributed by atoms with Crippen molar-refractivity contribution < 1.29 is 113 Å². The first-order valence-electron chi connectivity index (χ1n) is 27.5. The molecule has 0 bridgehead atoms. The molecule has 2 aliphatic heterocycles. The molecule has 2 heterocycles. The van der Waals surface area contributed by atoms with E-state index in [9.17, 15) is 75.2 Å². The molecule has 2 saturated heterocycles. The Kier molecular flexibility index (Phi) is 33.5. The quantitative estimate of drug-likeness (QED) is 0.0182. The maximum absolute atomic E-state index is 14.0. The fraction of sp³-hybridized carbons (Fsp3) is 0.922. The molecule has 3 aliphatic rings. The van der Waals surface area contributed by atoms with Gasteiger partial charge in [0.1, 0.15) is 92.1 Å². The third-order valence-electron chi connectivity index (χ3n) is 13.8. The van der Waals surface area contributed by atoms with Crippen LogP contribution in [0.2, 0.25) is 0 Å². The van der Waals surface area contributed by atoms with Gasteiger partial charge in [-0.25, -0.2) is 4.57 Å². The number of hydrogen-bond donors (Lipinski definition) is 12. The molecule has 16 atom stereocenters. The molecule has 23 nitrogen and oxygen atoms in total. The van der Waals surface area contributed by atoms with Crippen LogP contribution in [0.25, 0.3) is 0 Å². The summed E-state index contributed by atoms with van der Waals surface area (Å²) < 4.78 is 57.9. The average molecular weight is 1110 g/mol. The lowest BCUT2D eigenvalue weighted by Crippen LogP contribution is -2.69. The standard InChI is InChI=1S/C51H93O23P/c1-3-5-7-9-11-13-15-16-18-20-22-24-26-28-37(55)69-33(31-67-36(54)27-25-23-21-19-17-14-12-10-8-6-4-2)32-68-75(65,66)74-49-47(72-50-45(63)40(58)38(56)34(29-52)70-50)43(61)42(60)44(62)48(49)73-51-46(64)41(59)39(57)35(30-53)71-51/h16,18,33-35,38-53,56-64H,3-15,17,19-32H2,1-2H3,(H,65,66)/b18-16-. The smallest absolute Gasteiger partial charge is 0.462 e. The molecular formula is C51H93O23P. The maximum atomic E-state index is 14.0. The average Bonchev–Trinajstić information content (AvgIpc) is 3.39. The number of aliphatic hydroxyl groups excluding tert-OH is 11. The summed E-state index contributed by atoms with van der Waals surface area (Å²) in [5.41, 5.74) is 0. The summed E-state index contributed by atoms with van der Waals surface area (Å²) in [6, 6.07) is 0. The third-order valence-corrected chi connectivity index (χ3v) is 14.8. The van der Waals surface area contributed by atoms with Gasteiger partial charge in [0.05, 0.1) is 19.8 Å². The summed E-state index contributed by atoms with van der Waals surface area (Å²) in [4.78, 5) is 37.3. The minimum absolute atomic E-state index is 0.0495. The topological polar surface area (TPSA) is 368 Å². The highest BCUT2D eigenvalue weighted by Gasteiger charge is 2.58. The fourth-order valence-electron chi connectivity index (χ4n) is 9.17. The van der Waals surface area contributed by atoms with Gasteiger partial charge in [-0.3, -0.25) is 18.6 Å². The van der Waals surface area contributed by atoms with Gasteiger partial charge in [-0.05, 0) is 38.5 Å². The van der Waals surface area contributed by atoms with Crippen molar-refractivity contribution in [2.45, 2.75) is 272 Å². The molecule has 0 aromatic carbocycles. The molecule has 1 aliphatic carbocycles. The molecule has 0 spiro atoms. The van der Waals surface area contributed by atoms with E-state index in [1.807, 2.05) is 0 Å². The number of rotatable bonds is 39. The van der Waals surface area contributed by atoms with E-state index in [4.69, 9.17) is 37.5 Å². The van der Waals surface area contributed by atoms with Crippen molar-refractivity contribution in [3.05, 3.63) is 12.2 Å². The van der Waals surface area contributed by atoms with Crippen LogP contribution < -0.4 is 0 Å². The van der Waals surface area contributed by atoms with E-state index in [0.29, 0.717) is 19.3 Å². The molecule has 440 valence electrons. The zero-order valence-corrected chi connectivity index (χ0v) is 45.0. The first kappa shape index (κ1) is 67.5. The Balaban J connectivity index is 1.75. The SMILES string of the molecule is CCCCCCCC/C=C\CCCCCC(=O)OC(COC(=O)CCCCCCCCCCCCC)COP(=O)(O)OC1C(OC2OC(CO)C(O)C(O)C2O)C(O)C(O)C(O)C1OC1OC(CO)C(O)C(O)C1O. The summed E-state index contributed by atoms with van der Waals surface area (Å²) in [6.07, 6.45) is -7.69. The van der Waals surface area contributed by atoms with Gasteiger partial charge in [-0.2, -0.15) is 0 Å². The minimum Gasteiger partial charge on any atom is -0.462 e. The number of unbranched alkanes of at least 4 members (excludes halogenated alkanes) is 19. The van der Waals surface area contributed by atoms with Gasteiger partial charge < -0.3 is 89.5 Å². The fourth-order valence-corrected chi connectivity index (χ4v) is 10.1. The van der Waals surface area contributed by atoms with Crippen LogP contribution in [0.4, 0.5) is 0 Å². The largest absolute Gasteiger partial charge is 0.472 e. The second-order valence-electron chi connectivity index (χ2n) is 20.1. The Morgan fingerprint density at radius 3 is 1.32 bits per heavy atom. The first-order chi connectivity index (χ1) is 35.9. The molecule has 12 N–H and O–H groups in total. The first-order valence-corrected chi connectivity index (χ1v) is 29.0. The summed E-state index contributed by atoms with van der Waals surface area (Å²) in [5.74, 6) is -1.35. The maximum Gasteiger partial charge on any atom is 0.472 e. The number of carbonyl (C=O) groups is 2. The van der Waals surface area contributed by atoms with Crippen LogP contribution in [0, 0.1) is 0 Å². The van der Waals surface area contributed by atoms with Gasteiger partial charge in [-0.1, -0.05) is 129 Å². The molecule has 24 heteroatoms. The molecular weight excluding hydrogens is 1010 g/mol. The minimum atomic E-state index is -5.63. The van der Waals surface area contributed by atoms with Crippen molar-refractivity contribution in [1.29, 1.82) is 0 Å². The van der Waals surface area contributed by atoms with Crippen molar-refractivity contribution >= 4 is 19.8 Å². The van der Waals surface area contributed by atoms with E-state index in [2.05, 4.69) is 26.0 Å². The van der Waals surface area contributed by atoms with E-state index in [0.717, 1.165) is 57.8 Å². The van der Waals surface area contributed by atoms with Crippen LogP contribution in [-0.4, -0.2) is 204 Å². The predicted octanol–water partition coefficient (Wildman–Crippen LogP) is 2.37. The highest BCUT2D eigenvalue weighted by Crippen LogP contribution is 2.49. The second-order valence-corrected chi connectivity index (χ2v) is 21.5. The Morgan fingerprint density at radius 2 is 0.880 bits per heavy atom. The lowest BCUT2D eigenvalue weighted by molar-refractivity contribution is -0.360. The number of hydrogen-bond acceptors (Lipinski definition) is 22. The Morgan fingerprint density at radius 1 is 0.493 bits per heavy atom. The van der Waals surface area contributed by atoms with E-state index in [-0.39, 0.29) is 12.8 Å². The molecule has 1 saturated carbocycles. The Labute approximate surface area is 442 Å². The molecule has 0 aromatic heterocycles. The van der Waals surface area contributed by atoms with Crippen LogP contribution in [0.15, 0.2) is 12.2 Å². The Bertz CT molecular complexity index is 1560. The van der Waals surface area contributed by atoms with Crippen LogP contribution in [0.5, 0.6) is 0 Å². The summed E-state index contributed by atoms with van der Waals surface area (Å²) >= 11 is 0. The van der Waals surface area contributed by atoms with Gasteiger partial charge in [-0.15, -0.1) is 0 Å². The molecule has 3 fully saturated rings. The summed E-state index contributed by atoms with van der Waals surface area (Å²) in [6.45, 7) is 0.948. The third kappa shape index (κ3) is 23.8. The predicted molar refractivity (Wildman–Crippen MR) is 268 cm³/mol. The van der Waals surface area contributed by atoms with Crippen LogP contribution >= 0.6 is 7.82 Å². The van der Waals surface area contributed by atoms with Crippen molar-refractivity contribution in [3.8, 4) is 0 Å². The number of carbonyl (C=O) groups excluding carboxylic acids is 2. The lowest BCUT2D eigenvalue weighted by Gasteiger charge is -2.49. The lowest BCUT2D eigenvalue weighted by atomic mass is 9.84. The van der Waals surface area contributed by atoms with Crippen molar-refractivity contribution in [3.63, 3.8) is 0 Å². The zero-order chi connectivity index (χ0) is 55.3. The van der Waals surface area contributed by atoms with Gasteiger partial charge >= 0.3 is 19.8 Å². The number of allylic oxidation sites excluding steroid dienone is 2. The molecule has 0 radical (unpaired) electrons. The number of phosphoric ester groups is 1. The highest BCUT2D eigenvalue weighted by atomic mass is 31.2. The van der Waals surface area contributed by atoms with Crippen LogP contribution in [0.3, 0.4) is 0 Å². The van der Waals surface area contributed by atoms with Crippen LogP contribution in [-0.2, 0) is 51.6 Å². The summed E-state index contributed by atoms with van der Waals surface area (Å²) in [7, 11) is -5.63. The van der Waals surface area contributed by atoms with E-state index in [1.54, 1.807) is 0 Å². The van der Waals surface area contributed by atoms with Crippen molar-refractivity contribution in [2.24, 2.45) is 0 Å². The van der Waals surface area contributed by atoms with Gasteiger partial charge in [0.25, 0.3) is 0 Å². The number of esters is 2. The summed E-state index contributed by atoms with van der Waals surface area (Å²) in [5, 5.41) is 116. The normalized spacial score (nSPS) is 32.6. The number of ether oxygens (including phenoxy) is 6.